The van der Waals surface area contributed by atoms with Crippen LogP contribution in [0.2, 0.25) is 5.15 Å². The number of aliphatic hydroxyl groups excluding tert-OH is 1. The van der Waals surface area contributed by atoms with Crippen LogP contribution in [0.3, 0.4) is 0 Å². The van der Waals surface area contributed by atoms with E-state index in [1.165, 1.54) is 0 Å². The number of halogens is 1. The smallest absolute Gasteiger partial charge is 0.139 e. The Labute approximate surface area is 151 Å². The van der Waals surface area contributed by atoms with Crippen molar-refractivity contribution in [2.75, 3.05) is 18.0 Å². The minimum Gasteiger partial charge on any atom is -0.385 e. The first-order chi connectivity index (χ1) is 12.1. The van der Waals surface area contributed by atoms with E-state index in [4.69, 9.17) is 11.6 Å². The maximum absolute atomic E-state index is 10.7. The van der Waals surface area contributed by atoms with E-state index in [-0.39, 0.29) is 5.92 Å². The summed E-state index contributed by atoms with van der Waals surface area (Å²) < 4.78 is 1.88. The van der Waals surface area contributed by atoms with E-state index in [1.807, 2.05) is 36.0 Å². The van der Waals surface area contributed by atoms with Crippen LogP contribution in [0.25, 0.3) is 10.8 Å². The molecule has 1 saturated heterocycles. The minimum absolute atomic E-state index is 0.127. The van der Waals surface area contributed by atoms with E-state index < -0.39 is 6.10 Å². The standard InChI is InChI=1S/C19H21ClN4O/c1-23-10-8-21-19(23)17(25)14-6-4-9-24(12-14)16-11-13-5-2-3-7-15(13)18(20)22-16/h2-3,5,7-8,10-11,14,17,25H,4,6,9,12H2,1H3. The molecule has 1 aliphatic rings. The Hall–Kier alpha value is -2.11. The summed E-state index contributed by atoms with van der Waals surface area (Å²) in [5.41, 5.74) is 0. The summed E-state index contributed by atoms with van der Waals surface area (Å²) >= 11 is 6.38. The molecule has 3 heterocycles. The van der Waals surface area contributed by atoms with Crippen LogP contribution in [0.1, 0.15) is 24.8 Å². The van der Waals surface area contributed by atoms with E-state index >= 15 is 0 Å². The maximum atomic E-state index is 10.7. The van der Waals surface area contributed by atoms with Crippen LogP contribution in [0.4, 0.5) is 5.82 Å². The Bertz CT molecular complexity index is 894. The van der Waals surface area contributed by atoms with Crippen molar-refractivity contribution in [1.82, 2.24) is 14.5 Å². The van der Waals surface area contributed by atoms with Crippen LogP contribution < -0.4 is 4.90 Å². The predicted octanol–water partition coefficient (Wildman–Crippen LogP) is 3.57. The molecular formula is C19H21ClN4O. The Morgan fingerprint density at radius 3 is 2.96 bits per heavy atom. The van der Waals surface area contributed by atoms with Crippen LogP contribution >= 0.6 is 11.6 Å². The molecule has 0 aliphatic carbocycles. The lowest BCUT2D eigenvalue weighted by molar-refractivity contribution is 0.0874. The van der Waals surface area contributed by atoms with Gasteiger partial charge >= 0.3 is 0 Å². The van der Waals surface area contributed by atoms with Gasteiger partial charge in [0.1, 0.15) is 22.9 Å². The average Bonchev–Trinajstić information content (AvgIpc) is 3.07. The molecule has 1 N–H and O–H groups in total. The third kappa shape index (κ3) is 3.10. The highest BCUT2D eigenvalue weighted by Crippen LogP contribution is 2.33. The van der Waals surface area contributed by atoms with Crippen molar-refractivity contribution in [2.45, 2.75) is 18.9 Å². The topological polar surface area (TPSA) is 54.2 Å². The van der Waals surface area contributed by atoms with Crippen molar-refractivity contribution in [2.24, 2.45) is 13.0 Å². The number of nitrogens with zero attached hydrogens (tertiary/aromatic N) is 4. The quantitative estimate of drug-likeness (QED) is 0.729. The van der Waals surface area contributed by atoms with Crippen LogP contribution in [-0.2, 0) is 7.05 Å². The molecule has 130 valence electrons. The molecule has 6 heteroatoms. The van der Waals surface area contributed by atoms with E-state index in [0.717, 1.165) is 48.3 Å². The first kappa shape index (κ1) is 16.4. The molecule has 0 spiro atoms. The molecule has 3 aromatic rings. The van der Waals surface area contributed by atoms with Crippen LogP contribution in [0.5, 0.6) is 0 Å². The van der Waals surface area contributed by atoms with E-state index in [0.29, 0.717) is 5.15 Å². The molecule has 1 aromatic carbocycles. The molecule has 0 amide bonds. The lowest BCUT2D eigenvalue weighted by atomic mass is 9.92. The van der Waals surface area contributed by atoms with Gasteiger partial charge in [0, 0.05) is 43.8 Å². The normalized spacial score (nSPS) is 19.3. The number of rotatable bonds is 3. The van der Waals surface area contributed by atoms with Crippen LogP contribution in [0, 0.1) is 5.92 Å². The molecule has 2 unspecified atom stereocenters. The fraction of sp³-hybridized carbons (Fsp3) is 0.368. The molecule has 4 rings (SSSR count). The second kappa shape index (κ2) is 6.65. The third-order valence-electron chi connectivity index (χ3n) is 5.03. The Kier molecular flexibility index (Phi) is 4.36. The summed E-state index contributed by atoms with van der Waals surface area (Å²) in [6, 6.07) is 10.1. The molecular weight excluding hydrogens is 336 g/mol. The maximum Gasteiger partial charge on any atom is 0.139 e. The van der Waals surface area contributed by atoms with Gasteiger partial charge in [-0.1, -0.05) is 35.9 Å². The fourth-order valence-electron chi connectivity index (χ4n) is 3.65. The number of aryl methyl sites for hydroxylation is 1. The van der Waals surface area contributed by atoms with Crippen molar-refractivity contribution >= 4 is 28.2 Å². The summed E-state index contributed by atoms with van der Waals surface area (Å²) in [6.45, 7) is 1.67. The fourth-order valence-corrected chi connectivity index (χ4v) is 3.91. The van der Waals surface area contributed by atoms with Gasteiger partial charge < -0.3 is 14.6 Å². The zero-order valence-electron chi connectivity index (χ0n) is 14.1. The first-order valence-corrected chi connectivity index (χ1v) is 8.97. The van der Waals surface area contributed by atoms with Gasteiger partial charge in [-0.3, -0.25) is 0 Å². The Balaban J connectivity index is 1.60. The summed E-state index contributed by atoms with van der Waals surface area (Å²) in [7, 11) is 1.91. The number of hydrogen-bond acceptors (Lipinski definition) is 4. The van der Waals surface area contributed by atoms with Crippen molar-refractivity contribution in [3.63, 3.8) is 0 Å². The van der Waals surface area contributed by atoms with Crippen molar-refractivity contribution in [3.8, 4) is 0 Å². The number of benzene rings is 1. The van der Waals surface area contributed by atoms with Gasteiger partial charge in [0.05, 0.1) is 0 Å². The average molecular weight is 357 g/mol. The molecule has 0 bridgehead atoms. The van der Waals surface area contributed by atoms with Gasteiger partial charge in [0.2, 0.25) is 0 Å². The van der Waals surface area contributed by atoms with Gasteiger partial charge in [0.25, 0.3) is 0 Å². The SMILES string of the molecule is Cn1ccnc1C(O)C1CCCN(c2cc3ccccc3c(Cl)n2)C1. The van der Waals surface area contributed by atoms with Gasteiger partial charge in [0.15, 0.2) is 0 Å². The second-order valence-corrected chi connectivity index (χ2v) is 7.04. The number of pyridine rings is 1. The number of aliphatic hydroxyl groups is 1. The molecule has 25 heavy (non-hydrogen) atoms. The first-order valence-electron chi connectivity index (χ1n) is 8.59. The molecule has 5 nitrogen and oxygen atoms in total. The number of piperidine rings is 1. The highest BCUT2D eigenvalue weighted by molar-refractivity contribution is 6.34. The van der Waals surface area contributed by atoms with E-state index in [2.05, 4.69) is 27.0 Å². The molecule has 0 saturated carbocycles. The lowest BCUT2D eigenvalue weighted by Gasteiger charge is -2.35. The highest BCUT2D eigenvalue weighted by Gasteiger charge is 2.30. The van der Waals surface area contributed by atoms with Crippen LogP contribution in [0.15, 0.2) is 42.7 Å². The lowest BCUT2D eigenvalue weighted by Crippen LogP contribution is -2.38. The van der Waals surface area contributed by atoms with Crippen molar-refractivity contribution in [3.05, 3.63) is 53.7 Å². The molecule has 2 atom stereocenters. The number of anilines is 1. The summed E-state index contributed by atoms with van der Waals surface area (Å²) in [4.78, 5) is 11.1. The summed E-state index contributed by atoms with van der Waals surface area (Å²) in [6.07, 6.45) is 5.01. The molecule has 0 radical (unpaired) electrons. The highest BCUT2D eigenvalue weighted by atomic mass is 35.5. The third-order valence-corrected chi connectivity index (χ3v) is 5.32. The second-order valence-electron chi connectivity index (χ2n) is 6.68. The minimum atomic E-state index is -0.571. The van der Waals surface area contributed by atoms with Crippen molar-refractivity contribution in [1.29, 1.82) is 0 Å². The Morgan fingerprint density at radius 1 is 1.32 bits per heavy atom. The molecule has 1 aliphatic heterocycles. The number of imidazole rings is 1. The van der Waals surface area contributed by atoms with Crippen LogP contribution in [-0.4, -0.2) is 32.7 Å². The monoisotopic (exact) mass is 356 g/mol. The van der Waals surface area contributed by atoms with E-state index in [9.17, 15) is 5.11 Å². The largest absolute Gasteiger partial charge is 0.385 e. The van der Waals surface area contributed by atoms with Gasteiger partial charge in [-0.2, -0.15) is 0 Å². The van der Waals surface area contributed by atoms with E-state index in [1.54, 1.807) is 6.20 Å². The summed E-state index contributed by atoms with van der Waals surface area (Å²) in [5, 5.41) is 13.3. The molecule has 1 fully saturated rings. The Morgan fingerprint density at radius 2 is 2.16 bits per heavy atom. The number of hydrogen-bond donors (Lipinski definition) is 1. The van der Waals surface area contributed by atoms with Gasteiger partial charge in [-0.15, -0.1) is 0 Å². The number of aromatic nitrogens is 3. The summed E-state index contributed by atoms with van der Waals surface area (Å²) in [5.74, 6) is 1.72. The molecule has 2 aromatic heterocycles. The number of fused-ring (bicyclic) bond motifs is 1. The van der Waals surface area contributed by atoms with Gasteiger partial charge in [-0.25, -0.2) is 9.97 Å². The zero-order chi connectivity index (χ0) is 17.4. The van der Waals surface area contributed by atoms with Crippen molar-refractivity contribution < 1.29 is 5.11 Å². The van der Waals surface area contributed by atoms with Gasteiger partial charge in [-0.05, 0) is 24.3 Å². The predicted molar refractivity (Wildman–Crippen MR) is 99.9 cm³/mol. The zero-order valence-corrected chi connectivity index (χ0v) is 14.9.